The number of aryl methyl sites for hydroxylation is 2. The van der Waals surface area contributed by atoms with Crippen LogP contribution in [0.1, 0.15) is 54.2 Å². The van der Waals surface area contributed by atoms with E-state index < -0.39 is 0 Å². The fraction of sp³-hybridized carbons (Fsp3) is 0.682. The third-order valence-corrected chi connectivity index (χ3v) is 7.69. The number of hydrogen-bond donors (Lipinski definition) is 1. The number of pyridine rings is 1. The van der Waals surface area contributed by atoms with Crippen LogP contribution >= 0.6 is 0 Å². The minimum atomic E-state index is -0.178. The van der Waals surface area contributed by atoms with Gasteiger partial charge < -0.3 is 15.0 Å². The van der Waals surface area contributed by atoms with Crippen LogP contribution in [0.4, 0.5) is 0 Å². The molecule has 1 spiro atoms. The molecule has 4 heterocycles. The number of carbonyl (C=O) groups excluding carboxylic acids is 2. The second-order valence-electron chi connectivity index (χ2n) is 9.61. The number of likely N-dealkylation sites (tertiary alicyclic amines) is 1. The van der Waals surface area contributed by atoms with Gasteiger partial charge in [0.25, 0.3) is 5.91 Å². The minimum Gasteiger partial charge on any atom is -0.369 e. The molecular weight excluding hydrogens is 354 g/mol. The molecule has 28 heavy (non-hydrogen) atoms. The number of nitrogens with one attached hydrogen (secondary N) is 1. The molecule has 150 valence electrons. The van der Waals surface area contributed by atoms with E-state index in [-0.39, 0.29) is 28.9 Å². The number of aromatic nitrogens is 1. The summed E-state index contributed by atoms with van der Waals surface area (Å²) in [5, 5.41) is 3.11. The first-order valence-corrected chi connectivity index (χ1v) is 10.5. The van der Waals surface area contributed by atoms with Crippen molar-refractivity contribution in [2.45, 2.75) is 58.2 Å². The van der Waals surface area contributed by atoms with Crippen molar-refractivity contribution in [2.75, 3.05) is 19.6 Å². The number of hydrogen-bond acceptors (Lipinski definition) is 4. The lowest BCUT2D eigenvalue weighted by atomic mass is 9.73. The van der Waals surface area contributed by atoms with Gasteiger partial charge in [-0.1, -0.05) is 6.92 Å². The molecule has 4 fully saturated rings. The first kappa shape index (κ1) is 18.1. The normalized spacial score (nSPS) is 34.4. The van der Waals surface area contributed by atoms with Crippen LogP contribution in [0.25, 0.3) is 0 Å². The van der Waals surface area contributed by atoms with Gasteiger partial charge in [0.1, 0.15) is 0 Å². The highest BCUT2D eigenvalue weighted by molar-refractivity contribution is 5.94. The standard InChI is InChI=1S/C22H29N3O3/c1-13-8-15(9-23-14(13)2)19(26)24-10-16-17-11-25(20(27)21(3)6-7-21)12-22(17)5-4-18(16)28-22/h8-9,16-18H,4-7,10-12H2,1-3H3,(H,24,26)/t16-,17+,18+,22+/m0/s1. The zero-order valence-electron chi connectivity index (χ0n) is 17.0. The fourth-order valence-corrected chi connectivity index (χ4v) is 5.48. The zero-order chi connectivity index (χ0) is 19.7. The Balaban J connectivity index is 1.27. The van der Waals surface area contributed by atoms with Gasteiger partial charge in [0.05, 0.1) is 23.8 Å². The van der Waals surface area contributed by atoms with E-state index in [9.17, 15) is 9.59 Å². The van der Waals surface area contributed by atoms with Crippen molar-refractivity contribution in [1.29, 1.82) is 0 Å². The van der Waals surface area contributed by atoms with Crippen molar-refractivity contribution >= 4 is 11.8 Å². The Bertz CT molecular complexity index is 849. The second kappa shape index (κ2) is 6.02. The van der Waals surface area contributed by atoms with Gasteiger partial charge >= 0.3 is 0 Å². The molecule has 1 aromatic rings. The van der Waals surface area contributed by atoms with Gasteiger partial charge in [-0.25, -0.2) is 0 Å². The quantitative estimate of drug-likeness (QED) is 0.866. The van der Waals surface area contributed by atoms with Gasteiger partial charge in [0, 0.05) is 42.2 Å². The molecule has 0 unspecified atom stereocenters. The fourth-order valence-electron chi connectivity index (χ4n) is 5.48. The van der Waals surface area contributed by atoms with Crippen LogP contribution in [0.2, 0.25) is 0 Å². The molecule has 1 aliphatic carbocycles. The van der Waals surface area contributed by atoms with Gasteiger partial charge in [-0.3, -0.25) is 14.6 Å². The van der Waals surface area contributed by atoms with Crippen LogP contribution in [0.5, 0.6) is 0 Å². The summed E-state index contributed by atoms with van der Waals surface area (Å²) in [6.45, 7) is 8.09. The first-order chi connectivity index (χ1) is 13.3. The Morgan fingerprint density at radius 1 is 1.32 bits per heavy atom. The predicted octanol–water partition coefficient (Wildman–Crippen LogP) is 2.23. The summed E-state index contributed by atoms with van der Waals surface area (Å²) in [5.74, 6) is 0.828. The topological polar surface area (TPSA) is 71.5 Å². The molecule has 0 radical (unpaired) electrons. The summed E-state index contributed by atoms with van der Waals surface area (Å²) >= 11 is 0. The van der Waals surface area contributed by atoms with Crippen LogP contribution in [-0.2, 0) is 9.53 Å². The average Bonchev–Trinajstić information content (AvgIpc) is 3.04. The third kappa shape index (κ3) is 2.68. The van der Waals surface area contributed by atoms with Gasteiger partial charge in [-0.15, -0.1) is 0 Å². The summed E-state index contributed by atoms with van der Waals surface area (Å²) < 4.78 is 6.43. The van der Waals surface area contributed by atoms with Crippen molar-refractivity contribution in [2.24, 2.45) is 17.3 Å². The van der Waals surface area contributed by atoms with Crippen molar-refractivity contribution < 1.29 is 14.3 Å². The van der Waals surface area contributed by atoms with E-state index >= 15 is 0 Å². The van der Waals surface area contributed by atoms with E-state index in [4.69, 9.17) is 4.74 Å². The van der Waals surface area contributed by atoms with Crippen molar-refractivity contribution in [3.63, 3.8) is 0 Å². The highest BCUT2D eigenvalue weighted by Gasteiger charge is 2.64. The van der Waals surface area contributed by atoms with E-state index in [0.717, 1.165) is 50.0 Å². The lowest BCUT2D eigenvalue weighted by Gasteiger charge is -2.29. The molecule has 1 N–H and O–H groups in total. The average molecular weight is 383 g/mol. The van der Waals surface area contributed by atoms with Crippen LogP contribution in [0, 0.1) is 31.1 Å². The molecule has 3 aliphatic heterocycles. The molecule has 5 rings (SSSR count). The number of nitrogens with zero attached hydrogens (tertiary/aromatic N) is 2. The second-order valence-corrected chi connectivity index (χ2v) is 9.61. The number of fused-ring (bicyclic) bond motifs is 1. The Kier molecular flexibility index (Phi) is 3.89. The maximum atomic E-state index is 12.8. The van der Waals surface area contributed by atoms with Crippen molar-refractivity contribution in [3.05, 3.63) is 29.1 Å². The van der Waals surface area contributed by atoms with Gasteiger partial charge in [0.2, 0.25) is 5.91 Å². The van der Waals surface area contributed by atoms with Crippen LogP contribution in [0.15, 0.2) is 12.3 Å². The summed E-state index contributed by atoms with van der Waals surface area (Å²) in [6, 6.07) is 1.89. The van der Waals surface area contributed by atoms with E-state index in [0.29, 0.717) is 23.9 Å². The highest BCUT2D eigenvalue weighted by Crippen LogP contribution is 2.56. The molecule has 4 aliphatic rings. The molecule has 6 heteroatoms. The van der Waals surface area contributed by atoms with Crippen molar-refractivity contribution in [3.8, 4) is 0 Å². The number of amides is 2. The number of ether oxygens (including phenoxy) is 1. The van der Waals surface area contributed by atoms with Crippen LogP contribution in [0.3, 0.4) is 0 Å². The van der Waals surface area contributed by atoms with Crippen molar-refractivity contribution in [1.82, 2.24) is 15.2 Å². The molecule has 3 saturated heterocycles. The van der Waals surface area contributed by atoms with E-state index in [2.05, 4.69) is 17.2 Å². The Morgan fingerprint density at radius 3 is 2.82 bits per heavy atom. The maximum Gasteiger partial charge on any atom is 0.252 e. The van der Waals surface area contributed by atoms with Gasteiger partial charge in [-0.05, 0) is 51.2 Å². The van der Waals surface area contributed by atoms with E-state index in [1.165, 1.54) is 0 Å². The van der Waals surface area contributed by atoms with E-state index in [1.807, 2.05) is 24.8 Å². The SMILES string of the molecule is Cc1cc(C(=O)NC[C@H]2[C@H]3CN(C(=O)C4(C)CC4)C[C@]34CC[C@H]2O4)cnc1C. The Hall–Kier alpha value is -1.95. The van der Waals surface area contributed by atoms with Crippen LogP contribution in [-0.4, -0.2) is 53.0 Å². The summed E-state index contributed by atoms with van der Waals surface area (Å²) in [6.07, 6.45) is 5.93. The smallest absolute Gasteiger partial charge is 0.252 e. The Morgan fingerprint density at radius 2 is 2.11 bits per heavy atom. The van der Waals surface area contributed by atoms with Gasteiger partial charge in [0.15, 0.2) is 0 Å². The lowest BCUT2D eigenvalue weighted by molar-refractivity contribution is -0.136. The van der Waals surface area contributed by atoms with E-state index in [1.54, 1.807) is 6.20 Å². The molecule has 2 bridgehead atoms. The predicted molar refractivity (Wildman–Crippen MR) is 104 cm³/mol. The largest absolute Gasteiger partial charge is 0.369 e. The molecular formula is C22H29N3O3. The highest BCUT2D eigenvalue weighted by atomic mass is 16.5. The molecule has 6 nitrogen and oxygen atoms in total. The molecule has 1 aromatic heterocycles. The summed E-state index contributed by atoms with van der Waals surface area (Å²) in [4.78, 5) is 31.8. The lowest BCUT2D eigenvalue weighted by Crippen LogP contribution is -2.41. The number of rotatable bonds is 4. The van der Waals surface area contributed by atoms with Gasteiger partial charge in [-0.2, -0.15) is 0 Å². The monoisotopic (exact) mass is 383 g/mol. The first-order valence-electron chi connectivity index (χ1n) is 10.5. The van der Waals surface area contributed by atoms with Crippen LogP contribution < -0.4 is 5.32 Å². The third-order valence-electron chi connectivity index (χ3n) is 7.69. The number of carbonyl (C=O) groups is 2. The zero-order valence-corrected chi connectivity index (χ0v) is 17.0. The Labute approximate surface area is 166 Å². The molecule has 1 saturated carbocycles. The molecule has 4 atom stereocenters. The summed E-state index contributed by atoms with van der Waals surface area (Å²) in [5.41, 5.74) is 2.26. The summed E-state index contributed by atoms with van der Waals surface area (Å²) in [7, 11) is 0. The molecule has 2 amide bonds. The molecule has 0 aromatic carbocycles. The maximum absolute atomic E-state index is 12.8. The minimum absolute atomic E-state index is 0.0798.